The molecule has 0 bridgehead atoms. The van der Waals surface area contributed by atoms with E-state index in [9.17, 15) is 14.4 Å². The smallest absolute Gasteiger partial charge is 0.313 e. The van der Waals surface area contributed by atoms with Crippen LogP contribution in [0.1, 0.15) is 43.6 Å². The van der Waals surface area contributed by atoms with E-state index < -0.39 is 11.8 Å². The van der Waals surface area contributed by atoms with Gasteiger partial charge in [0.15, 0.2) is 0 Å². The first-order valence-electron chi connectivity index (χ1n) is 10.3. The number of likely N-dealkylation sites (tertiary alicyclic amines) is 1. The SMILES string of the molecule is C[C@H]1C[C@H](C)CN(CCCCNC(=O)C(=O)Nc2ccnc(C(=O)N(C)C)c2)C1. The van der Waals surface area contributed by atoms with Gasteiger partial charge >= 0.3 is 11.8 Å². The van der Waals surface area contributed by atoms with E-state index in [1.54, 1.807) is 14.1 Å². The zero-order chi connectivity index (χ0) is 21.4. The van der Waals surface area contributed by atoms with Gasteiger partial charge in [-0.05, 0) is 49.8 Å². The molecule has 1 aliphatic rings. The van der Waals surface area contributed by atoms with Crippen molar-refractivity contribution in [1.29, 1.82) is 0 Å². The molecule has 0 radical (unpaired) electrons. The Morgan fingerprint density at radius 1 is 1.14 bits per heavy atom. The summed E-state index contributed by atoms with van der Waals surface area (Å²) in [5, 5.41) is 5.16. The maximum Gasteiger partial charge on any atom is 0.313 e. The van der Waals surface area contributed by atoms with Gasteiger partial charge in [0, 0.05) is 45.6 Å². The predicted octanol–water partition coefficient (Wildman–Crippen LogP) is 1.60. The second kappa shape index (κ2) is 10.9. The zero-order valence-electron chi connectivity index (χ0n) is 17.9. The fourth-order valence-electron chi connectivity index (χ4n) is 3.76. The molecule has 0 aromatic carbocycles. The van der Waals surface area contributed by atoms with Crippen molar-refractivity contribution in [3.63, 3.8) is 0 Å². The monoisotopic (exact) mass is 403 g/mol. The van der Waals surface area contributed by atoms with Crippen LogP contribution in [0.3, 0.4) is 0 Å². The molecule has 2 heterocycles. The van der Waals surface area contributed by atoms with E-state index in [-0.39, 0.29) is 11.6 Å². The van der Waals surface area contributed by atoms with E-state index >= 15 is 0 Å². The summed E-state index contributed by atoms with van der Waals surface area (Å²) >= 11 is 0. The van der Waals surface area contributed by atoms with Crippen LogP contribution in [0.2, 0.25) is 0 Å². The Balaban J connectivity index is 1.69. The number of nitrogens with zero attached hydrogens (tertiary/aromatic N) is 3. The van der Waals surface area contributed by atoms with E-state index in [0.29, 0.717) is 12.2 Å². The predicted molar refractivity (Wildman–Crippen MR) is 113 cm³/mol. The molecule has 2 N–H and O–H groups in total. The molecule has 0 unspecified atom stereocenters. The van der Waals surface area contributed by atoms with Gasteiger partial charge in [0.2, 0.25) is 0 Å². The average molecular weight is 404 g/mol. The summed E-state index contributed by atoms with van der Waals surface area (Å²) in [5.41, 5.74) is 0.563. The molecule has 1 aromatic rings. The lowest BCUT2D eigenvalue weighted by atomic mass is 9.92. The molecule has 8 heteroatoms. The van der Waals surface area contributed by atoms with E-state index in [1.807, 2.05) is 0 Å². The van der Waals surface area contributed by atoms with Crippen LogP contribution in [0.4, 0.5) is 5.69 Å². The van der Waals surface area contributed by atoms with E-state index in [1.165, 1.54) is 29.7 Å². The summed E-state index contributed by atoms with van der Waals surface area (Å²) in [7, 11) is 3.24. The lowest BCUT2D eigenvalue weighted by Gasteiger charge is -2.34. The molecule has 2 atom stereocenters. The highest BCUT2D eigenvalue weighted by Crippen LogP contribution is 2.20. The van der Waals surface area contributed by atoms with Crippen molar-refractivity contribution in [1.82, 2.24) is 20.1 Å². The van der Waals surface area contributed by atoms with Crippen LogP contribution in [-0.4, -0.2) is 72.8 Å². The van der Waals surface area contributed by atoms with Crippen molar-refractivity contribution in [2.45, 2.75) is 33.1 Å². The molecule has 8 nitrogen and oxygen atoms in total. The highest BCUT2D eigenvalue weighted by atomic mass is 16.2. The highest BCUT2D eigenvalue weighted by Gasteiger charge is 2.21. The Morgan fingerprint density at radius 2 is 1.83 bits per heavy atom. The first-order valence-corrected chi connectivity index (χ1v) is 10.3. The topological polar surface area (TPSA) is 94.6 Å². The van der Waals surface area contributed by atoms with Crippen LogP contribution in [0.25, 0.3) is 0 Å². The number of hydrogen-bond acceptors (Lipinski definition) is 5. The highest BCUT2D eigenvalue weighted by molar-refractivity contribution is 6.39. The maximum absolute atomic E-state index is 12.1. The van der Waals surface area contributed by atoms with Crippen molar-refractivity contribution < 1.29 is 14.4 Å². The number of nitrogens with one attached hydrogen (secondary N) is 2. The molecule has 3 amide bonds. The van der Waals surface area contributed by atoms with Crippen molar-refractivity contribution in [3.05, 3.63) is 24.0 Å². The number of anilines is 1. The second-order valence-electron chi connectivity index (χ2n) is 8.25. The van der Waals surface area contributed by atoms with Gasteiger partial charge in [0.1, 0.15) is 5.69 Å². The number of carbonyl (C=O) groups excluding carboxylic acids is 3. The molecule has 1 saturated heterocycles. The van der Waals surface area contributed by atoms with Gasteiger partial charge in [0.25, 0.3) is 5.91 Å². The molecule has 1 aliphatic heterocycles. The minimum absolute atomic E-state index is 0.203. The Hall–Kier alpha value is -2.48. The van der Waals surface area contributed by atoms with Crippen molar-refractivity contribution in [2.75, 3.05) is 45.6 Å². The lowest BCUT2D eigenvalue weighted by molar-refractivity contribution is -0.136. The Bertz CT molecular complexity index is 712. The molecule has 0 aliphatic carbocycles. The summed E-state index contributed by atoms with van der Waals surface area (Å²) < 4.78 is 0. The fourth-order valence-corrected chi connectivity index (χ4v) is 3.76. The Morgan fingerprint density at radius 3 is 2.48 bits per heavy atom. The van der Waals surface area contributed by atoms with E-state index in [4.69, 9.17) is 0 Å². The Labute approximate surface area is 173 Å². The number of aromatic nitrogens is 1. The van der Waals surface area contributed by atoms with E-state index in [0.717, 1.165) is 44.3 Å². The van der Waals surface area contributed by atoms with Gasteiger partial charge in [-0.2, -0.15) is 0 Å². The average Bonchev–Trinajstić information content (AvgIpc) is 2.66. The summed E-state index contributed by atoms with van der Waals surface area (Å²) in [6.45, 7) is 8.36. The molecular formula is C21H33N5O3. The van der Waals surface area contributed by atoms with Gasteiger partial charge in [-0.25, -0.2) is 0 Å². The third-order valence-corrected chi connectivity index (χ3v) is 4.98. The van der Waals surface area contributed by atoms with Crippen molar-refractivity contribution >= 4 is 23.4 Å². The molecule has 2 rings (SSSR count). The van der Waals surface area contributed by atoms with Crippen LogP contribution in [0.5, 0.6) is 0 Å². The lowest BCUT2D eigenvalue weighted by Crippen LogP contribution is -2.39. The second-order valence-corrected chi connectivity index (χ2v) is 8.25. The van der Waals surface area contributed by atoms with Crippen LogP contribution < -0.4 is 10.6 Å². The number of carbonyl (C=O) groups is 3. The minimum Gasteiger partial charge on any atom is -0.348 e. The normalized spacial score (nSPS) is 19.4. The summed E-state index contributed by atoms with van der Waals surface area (Å²) in [6.07, 6.45) is 4.53. The van der Waals surface area contributed by atoms with Crippen LogP contribution in [-0.2, 0) is 9.59 Å². The summed E-state index contributed by atoms with van der Waals surface area (Å²) in [5.74, 6) is -0.226. The number of unbranched alkanes of at least 4 members (excludes halogenated alkanes) is 1. The first-order chi connectivity index (χ1) is 13.8. The number of pyridine rings is 1. The molecule has 1 fully saturated rings. The van der Waals surface area contributed by atoms with E-state index in [2.05, 4.69) is 34.4 Å². The number of amides is 3. The zero-order valence-corrected chi connectivity index (χ0v) is 17.9. The molecule has 160 valence electrons. The summed E-state index contributed by atoms with van der Waals surface area (Å²) in [6, 6.07) is 2.99. The largest absolute Gasteiger partial charge is 0.348 e. The Kier molecular flexibility index (Phi) is 8.57. The first kappa shape index (κ1) is 22.8. The van der Waals surface area contributed by atoms with Gasteiger partial charge in [-0.1, -0.05) is 13.8 Å². The minimum atomic E-state index is -0.752. The quantitative estimate of drug-likeness (QED) is 0.533. The molecular weight excluding hydrogens is 370 g/mol. The number of piperidine rings is 1. The van der Waals surface area contributed by atoms with Gasteiger partial charge in [-0.15, -0.1) is 0 Å². The van der Waals surface area contributed by atoms with Crippen LogP contribution >= 0.6 is 0 Å². The standard InChI is InChI=1S/C21H33N5O3/c1-15-11-16(2)14-26(13-15)10-6-5-8-23-19(27)20(28)24-17-7-9-22-18(12-17)21(29)25(3)4/h7,9,12,15-16H,5-6,8,10-11,13-14H2,1-4H3,(H,23,27)(H,22,24,28)/t15-,16-/m0/s1. The van der Waals surface area contributed by atoms with Crippen LogP contribution in [0, 0.1) is 11.8 Å². The third-order valence-electron chi connectivity index (χ3n) is 4.98. The molecule has 29 heavy (non-hydrogen) atoms. The van der Waals surface area contributed by atoms with Crippen molar-refractivity contribution in [2.24, 2.45) is 11.8 Å². The van der Waals surface area contributed by atoms with Crippen LogP contribution in [0.15, 0.2) is 18.3 Å². The number of hydrogen-bond donors (Lipinski definition) is 2. The molecule has 1 aromatic heterocycles. The van der Waals surface area contributed by atoms with Crippen molar-refractivity contribution in [3.8, 4) is 0 Å². The van der Waals surface area contributed by atoms with Gasteiger partial charge in [-0.3, -0.25) is 19.4 Å². The maximum atomic E-state index is 12.1. The molecule has 0 saturated carbocycles. The number of rotatable bonds is 7. The third kappa shape index (κ3) is 7.45. The summed E-state index contributed by atoms with van der Waals surface area (Å²) in [4.78, 5) is 43.9. The molecule has 0 spiro atoms. The van der Waals surface area contributed by atoms with Gasteiger partial charge < -0.3 is 20.4 Å². The van der Waals surface area contributed by atoms with Gasteiger partial charge in [0.05, 0.1) is 0 Å². The fraction of sp³-hybridized carbons (Fsp3) is 0.619.